The van der Waals surface area contributed by atoms with E-state index in [0.717, 1.165) is 12.8 Å². The first-order valence-corrected chi connectivity index (χ1v) is 6.79. The van der Waals surface area contributed by atoms with E-state index in [2.05, 4.69) is 33.0 Å². The van der Waals surface area contributed by atoms with Gasteiger partial charge in [0, 0.05) is 12.5 Å². The van der Waals surface area contributed by atoms with E-state index >= 15 is 0 Å². The van der Waals surface area contributed by atoms with Crippen molar-refractivity contribution in [2.45, 2.75) is 58.9 Å². The molecule has 0 aromatic heterocycles. The molecule has 18 heavy (non-hydrogen) atoms. The Morgan fingerprint density at radius 1 is 1.17 bits per heavy atom. The molecule has 2 aliphatic carbocycles. The number of hydrogen-bond acceptors (Lipinski definition) is 2. The maximum absolute atomic E-state index is 12.4. The van der Waals surface area contributed by atoms with Gasteiger partial charge in [-0.05, 0) is 23.7 Å². The van der Waals surface area contributed by atoms with Gasteiger partial charge in [-0.2, -0.15) is 0 Å². The molecule has 0 radical (unpaired) electrons. The Kier molecular flexibility index (Phi) is 4.10. The molecule has 0 heterocycles. The Hall–Kier alpha value is -0.280. The second-order valence-electron chi connectivity index (χ2n) is 7.06. The van der Waals surface area contributed by atoms with E-state index in [1.54, 1.807) is 0 Å². The van der Waals surface area contributed by atoms with E-state index in [1.807, 2.05) is 0 Å². The van der Waals surface area contributed by atoms with Crippen LogP contribution in [0.2, 0.25) is 0 Å². The van der Waals surface area contributed by atoms with Gasteiger partial charge in [0.15, 0.2) is 0 Å². The summed E-state index contributed by atoms with van der Waals surface area (Å²) in [6, 6.07) is 0. The summed E-state index contributed by atoms with van der Waals surface area (Å²) in [7, 11) is 0. The maximum Gasteiger partial charge on any atom is 0.224 e. The molecule has 4 heteroatoms. The fourth-order valence-corrected chi connectivity index (χ4v) is 3.62. The first-order chi connectivity index (χ1) is 7.77. The van der Waals surface area contributed by atoms with Gasteiger partial charge in [0.05, 0.1) is 5.54 Å². The topological polar surface area (TPSA) is 55.1 Å². The number of halogens is 1. The summed E-state index contributed by atoms with van der Waals surface area (Å²) < 4.78 is 0. The second-order valence-corrected chi connectivity index (χ2v) is 7.06. The van der Waals surface area contributed by atoms with Crippen LogP contribution in [-0.2, 0) is 4.79 Å². The Balaban J connectivity index is 0.00000162. The van der Waals surface area contributed by atoms with Gasteiger partial charge < -0.3 is 11.1 Å². The second kappa shape index (κ2) is 4.68. The van der Waals surface area contributed by atoms with Crippen molar-refractivity contribution in [1.29, 1.82) is 0 Å². The van der Waals surface area contributed by atoms with Crippen molar-refractivity contribution in [3.63, 3.8) is 0 Å². The van der Waals surface area contributed by atoms with Gasteiger partial charge in [-0.1, -0.05) is 40.5 Å². The molecule has 3 nitrogen and oxygen atoms in total. The summed E-state index contributed by atoms with van der Waals surface area (Å²) in [5, 5.41) is 3.25. The highest BCUT2D eigenvalue weighted by Crippen LogP contribution is 2.68. The van der Waals surface area contributed by atoms with Crippen LogP contribution in [0.15, 0.2) is 0 Å². The van der Waals surface area contributed by atoms with E-state index in [0.29, 0.717) is 6.54 Å². The lowest BCUT2D eigenvalue weighted by Gasteiger charge is -2.29. The minimum Gasteiger partial charge on any atom is -0.349 e. The first kappa shape index (κ1) is 15.8. The summed E-state index contributed by atoms with van der Waals surface area (Å²) in [6.07, 6.45) is 4.47. The maximum atomic E-state index is 12.4. The third-order valence-electron chi connectivity index (χ3n) is 5.62. The van der Waals surface area contributed by atoms with Gasteiger partial charge in [0.25, 0.3) is 0 Å². The molecule has 0 aromatic carbocycles. The minimum absolute atomic E-state index is 0. The van der Waals surface area contributed by atoms with Crippen LogP contribution in [0.3, 0.4) is 0 Å². The molecule has 0 aliphatic heterocycles. The van der Waals surface area contributed by atoms with E-state index in [4.69, 9.17) is 5.73 Å². The van der Waals surface area contributed by atoms with Crippen LogP contribution >= 0.6 is 12.4 Å². The van der Waals surface area contributed by atoms with Crippen molar-refractivity contribution in [1.82, 2.24) is 5.32 Å². The third-order valence-corrected chi connectivity index (χ3v) is 5.62. The van der Waals surface area contributed by atoms with Crippen LogP contribution < -0.4 is 11.1 Å². The zero-order valence-corrected chi connectivity index (χ0v) is 12.8. The predicted octanol–water partition coefficient (Wildman–Crippen LogP) is 2.48. The Morgan fingerprint density at radius 3 is 1.94 bits per heavy atom. The number of carbonyl (C=O) groups is 1. The van der Waals surface area contributed by atoms with E-state index in [1.165, 1.54) is 12.8 Å². The van der Waals surface area contributed by atoms with E-state index in [9.17, 15) is 4.79 Å². The molecule has 3 N–H and O–H groups in total. The summed E-state index contributed by atoms with van der Waals surface area (Å²) in [6.45, 7) is 9.30. The molecule has 0 atom stereocenters. The fourth-order valence-electron chi connectivity index (χ4n) is 3.62. The van der Waals surface area contributed by atoms with Gasteiger partial charge in [-0.15, -0.1) is 12.4 Å². The highest BCUT2D eigenvalue weighted by Gasteiger charge is 2.68. The Morgan fingerprint density at radius 2 is 1.61 bits per heavy atom. The average molecular weight is 275 g/mol. The number of nitrogens with two attached hydrogens (primary N) is 1. The van der Waals surface area contributed by atoms with E-state index in [-0.39, 0.29) is 40.6 Å². The molecule has 0 spiro atoms. The predicted molar refractivity (Wildman–Crippen MR) is 76.7 cm³/mol. The van der Waals surface area contributed by atoms with E-state index < -0.39 is 0 Å². The summed E-state index contributed by atoms with van der Waals surface area (Å²) in [5.74, 6) is 0.353. The van der Waals surface area contributed by atoms with Crippen molar-refractivity contribution >= 4 is 18.3 Å². The van der Waals surface area contributed by atoms with Crippen molar-refractivity contribution in [3.05, 3.63) is 0 Å². The van der Waals surface area contributed by atoms with Crippen LogP contribution in [0.4, 0.5) is 0 Å². The molecule has 2 rings (SSSR count). The first-order valence-electron chi connectivity index (χ1n) is 6.79. The Labute approximate surface area is 117 Å². The molecule has 0 bridgehead atoms. The third kappa shape index (κ3) is 2.16. The molecule has 0 aromatic rings. The van der Waals surface area contributed by atoms with Gasteiger partial charge in [0.1, 0.15) is 0 Å². The molecule has 106 valence electrons. The van der Waals surface area contributed by atoms with Crippen molar-refractivity contribution < 1.29 is 4.79 Å². The number of nitrogens with one attached hydrogen (secondary N) is 1. The number of rotatable bonds is 3. The van der Waals surface area contributed by atoms with Gasteiger partial charge in [-0.3, -0.25) is 4.79 Å². The molecule has 2 saturated carbocycles. The van der Waals surface area contributed by atoms with Crippen LogP contribution in [0.5, 0.6) is 0 Å². The largest absolute Gasteiger partial charge is 0.349 e. The zero-order chi connectivity index (χ0) is 12.9. The molecule has 0 unspecified atom stereocenters. The lowest BCUT2D eigenvalue weighted by Crippen LogP contribution is -2.52. The average Bonchev–Trinajstić information content (AvgIpc) is 2.58. The van der Waals surface area contributed by atoms with Crippen molar-refractivity contribution in [2.24, 2.45) is 22.5 Å². The van der Waals surface area contributed by atoms with Gasteiger partial charge >= 0.3 is 0 Å². The lowest BCUT2D eigenvalue weighted by atomic mass is 9.97. The number of hydrogen-bond donors (Lipinski definition) is 2. The SMILES string of the molecule is CC1(C)C(C(=O)NC2(CN)CCCC2)C1(C)C.Cl. The van der Waals surface area contributed by atoms with Gasteiger partial charge in [0.2, 0.25) is 5.91 Å². The zero-order valence-electron chi connectivity index (χ0n) is 12.0. The summed E-state index contributed by atoms with van der Waals surface area (Å²) >= 11 is 0. The fraction of sp³-hybridized carbons (Fsp3) is 0.929. The van der Waals surface area contributed by atoms with Gasteiger partial charge in [-0.25, -0.2) is 0 Å². The van der Waals surface area contributed by atoms with Crippen LogP contribution in [0, 0.1) is 16.7 Å². The standard InChI is InChI=1S/C14H26N2O.ClH/c1-12(2)10(13(12,3)4)11(17)16-14(9-15)7-5-6-8-14;/h10H,5-9,15H2,1-4H3,(H,16,17);1H. The van der Waals surface area contributed by atoms with Crippen molar-refractivity contribution in [3.8, 4) is 0 Å². The smallest absolute Gasteiger partial charge is 0.224 e. The molecule has 0 saturated heterocycles. The molecular formula is C14H27ClN2O. The van der Waals surface area contributed by atoms with Crippen LogP contribution in [0.1, 0.15) is 53.4 Å². The molecule has 2 fully saturated rings. The molecule has 2 aliphatic rings. The molecular weight excluding hydrogens is 248 g/mol. The highest BCUT2D eigenvalue weighted by molar-refractivity contribution is 5.85. The monoisotopic (exact) mass is 274 g/mol. The minimum atomic E-state index is -0.105. The van der Waals surface area contributed by atoms with Crippen LogP contribution in [0.25, 0.3) is 0 Å². The summed E-state index contributed by atoms with van der Waals surface area (Å²) in [5.41, 5.74) is 5.99. The normalized spacial score (nSPS) is 27.4. The molecule has 1 amide bonds. The summed E-state index contributed by atoms with van der Waals surface area (Å²) in [4.78, 5) is 12.4. The van der Waals surface area contributed by atoms with Crippen molar-refractivity contribution in [2.75, 3.05) is 6.54 Å². The quantitative estimate of drug-likeness (QED) is 0.831. The Bertz CT molecular complexity index is 319. The lowest BCUT2D eigenvalue weighted by molar-refractivity contribution is -0.125. The number of amides is 1. The number of carbonyl (C=O) groups excluding carboxylic acids is 1. The van der Waals surface area contributed by atoms with Crippen LogP contribution in [-0.4, -0.2) is 18.0 Å². The highest BCUT2D eigenvalue weighted by atomic mass is 35.5.